The Bertz CT molecular complexity index is 1030. The van der Waals surface area contributed by atoms with Gasteiger partial charge in [0.05, 0.1) is 0 Å². The number of hydrogen-bond donors (Lipinski definition) is 3. The molecule has 232 valence electrons. The Morgan fingerprint density at radius 1 is 0.610 bits per heavy atom. The fraction of sp³-hybridized carbons (Fsp3) is 0.684. The van der Waals surface area contributed by atoms with Crippen LogP contribution >= 0.6 is 12.6 Å². The van der Waals surface area contributed by atoms with Gasteiger partial charge in [-0.25, -0.2) is 0 Å². The first kappa shape index (κ1) is 35.6. The van der Waals surface area contributed by atoms with Gasteiger partial charge in [0.25, 0.3) is 0 Å². The smallest absolute Gasteiger partial charge is 0.119 e. The van der Waals surface area contributed by atoms with Crippen LogP contribution in [0.25, 0.3) is 0 Å². The molecule has 2 aromatic rings. The van der Waals surface area contributed by atoms with Crippen LogP contribution in [-0.4, -0.2) is 16.0 Å². The Hall–Kier alpha value is -1.61. The Morgan fingerprint density at radius 2 is 0.976 bits per heavy atom. The molecule has 0 heterocycles. The summed E-state index contributed by atoms with van der Waals surface area (Å²) in [5.41, 5.74) is 5.94. The second-order valence-corrected chi connectivity index (χ2v) is 15.2. The number of unbranched alkanes of at least 4 members (excludes halogenated alkanes) is 9. The van der Waals surface area contributed by atoms with Crippen LogP contribution in [0.2, 0.25) is 0 Å². The van der Waals surface area contributed by atoms with Gasteiger partial charge in [0, 0.05) is 11.2 Å². The summed E-state index contributed by atoms with van der Waals surface area (Å²) in [5, 5.41) is 22.0. The van der Waals surface area contributed by atoms with E-state index in [2.05, 4.69) is 81.4 Å². The van der Waals surface area contributed by atoms with Crippen LogP contribution in [0.15, 0.2) is 24.3 Å². The fourth-order valence-electron chi connectivity index (χ4n) is 6.73. The van der Waals surface area contributed by atoms with Gasteiger partial charge in [-0.05, 0) is 82.5 Å². The standard InChI is InChI=1S/C38H62O2S/c1-11-12-13-14-15-16-17-18-19-20-21-29(4)38(26-41,30-24-32(36(5,6)7)34(39)22-27(30)2)31-25-33(37(8,9)10)35(40)23-28(31)3/h22-25,29,39-41H,11-21,26H2,1-10H3. The third-order valence-corrected chi connectivity index (χ3v) is 9.84. The zero-order valence-corrected chi connectivity index (χ0v) is 29.1. The van der Waals surface area contributed by atoms with Crippen LogP contribution in [0, 0.1) is 19.8 Å². The highest BCUT2D eigenvalue weighted by atomic mass is 32.1. The first-order chi connectivity index (χ1) is 19.1. The van der Waals surface area contributed by atoms with Gasteiger partial charge in [0.1, 0.15) is 11.5 Å². The predicted octanol–water partition coefficient (Wildman–Crippen LogP) is 11.5. The number of phenolic OH excluding ortho intramolecular Hbond substituents is 2. The summed E-state index contributed by atoms with van der Waals surface area (Å²) in [6, 6.07) is 8.45. The van der Waals surface area contributed by atoms with Crippen molar-refractivity contribution in [3.8, 4) is 11.5 Å². The van der Waals surface area contributed by atoms with Crippen LogP contribution in [0.3, 0.4) is 0 Å². The molecule has 0 aliphatic carbocycles. The maximum absolute atomic E-state index is 11.0. The summed E-state index contributed by atoms with van der Waals surface area (Å²) >= 11 is 5.12. The SMILES string of the molecule is CCCCCCCCCCCCC(C)C(CS)(c1cc(C(C)(C)C)c(O)cc1C)c1cc(C(C)(C)C)c(O)cc1C. The number of aryl methyl sites for hydroxylation is 2. The highest BCUT2D eigenvalue weighted by Gasteiger charge is 2.42. The highest BCUT2D eigenvalue weighted by molar-refractivity contribution is 7.80. The van der Waals surface area contributed by atoms with Crippen molar-refractivity contribution in [3.05, 3.63) is 57.6 Å². The van der Waals surface area contributed by atoms with Crippen molar-refractivity contribution in [1.82, 2.24) is 0 Å². The lowest BCUT2D eigenvalue weighted by molar-refractivity contribution is 0.339. The van der Waals surface area contributed by atoms with E-state index in [-0.39, 0.29) is 16.2 Å². The molecule has 0 bridgehead atoms. The maximum atomic E-state index is 11.0. The predicted molar refractivity (Wildman–Crippen MR) is 183 cm³/mol. The van der Waals surface area contributed by atoms with Gasteiger partial charge in [-0.3, -0.25) is 0 Å². The molecule has 41 heavy (non-hydrogen) atoms. The van der Waals surface area contributed by atoms with Crippen molar-refractivity contribution in [2.24, 2.45) is 5.92 Å². The number of benzene rings is 2. The third-order valence-electron chi connectivity index (χ3n) is 9.34. The minimum absolute atomic E-state index is 0.185. The van der Waals surface area contributed by atoms with E-state index in [0.717, 1.165) is 28.7 Å². The van der Waals surface area contributed by atoms with Crippen molar-refractivity contribution >= 4 is 12.6 Å². The van der Waals surface area contributed by atoms with Gasteiger partial charge in [-0.1, -0.05) is 132 Å². The van der Waals surface area contributed by atoms with Crippen molar-refractivity contribution in [2.45, 2.75) is 156 Å². The van der Waals surface area contributed by atoms with Gasteiger partial charge in [0.15, 0.2) is 0 Å². The molecule has 0 fully saturated rings. The Balaban J connectivity index is 2.50. The summed E-state index contributed by atoms with van der Waals surface area (Å²) in [5.74, 6) is 1.73. The van der Waals surface area contributed by atoms with Crippen molar-refractivity contribution in [1.29, 1.82) is 0 Å². The molecule has 2 nitrogen and oxygen atoms in total. The van der Waals surface area contributed by atoms with Gasteiger partial charge in [-0.2, -0.15) is 12.6 Å². The molecule has 0 saturated carbocycles. The number of rotatable bonds is 15. The van der Waals surface area contributed by atoms with Crippen molar-refractivity contribution < 1.29 is 10.2 Å². The molecule has 1 atom stereocenters. The third kappa shape index (κ3) is 8.94. The monoisotopic (exact) mass is 582 g/mol. The summed E-state index contributed by atoms with van der Waals surface area (Å²) in [4.78, 5) is 0. The topological polar surface area (TPSA) is 40.5 Å². The maximum Gasteiger partial charge on any atom is 0.119 e. The number of phenols is 2. The lowest BCUT2D eigenvalue weighted by Gasteiger charge is -2.43. The van der Waals surface area contributed by atoms with Crippen molar-refractivity contribution in [2.75, 3.05) is 5.75 Å². The molecule has 2 N–H and O–H groups in total. The summed E-state index contributed by atoms with van der Waals surface area (Å²) < 4.78 is 0. The molecule has 1 unspecified atom stereocenters. The summed E-state index contributed by atoms with van der Waals surface area (Å²) in [6.07, 6.45) is 14.5. The first-order valence-electron chi connectivity index (χ1n) is 16.4. The van der Waals surface area contributed by atoms with E-state index >= 15 is 0 Å². The van der Waals surface area contributed by atoms with Crippen LogP contribution in [0.5, 0.6) is 11.5 Å². The van der Waals surface area contributed by atoms with Crippen molar-refractivity contribution in [3.63, 3.8) is 0 Å². The van der Waals surface area contributed by atoms with Crippen LogP contribution in [0.1, 0.15) is 159 Å². The number of aromatic hydroxyl groups is 2. The first-order valence-corrected chi connectivity index (χ1v) is 17.0. The average molecular weight is 583 g/mol. The number of thiol groups is 1. The number of hydrogen-bond acceptors (Lipinski definition) is 3. The van der Waals surface area contributed by atoms with E-state index in [1.807, 2.05) is 12.1 Å². The van der Waals surface area contributed by atoms with Crippen LogP contribution < -0.4 is 0 Å². The molecule has 2 aromatic carbocycles. The molecule has 0 aromatic heterocycles. The second-order valence-electron chi connectivity index (χ2n) is 14.9. The fourth-order valence-corrected chi connectivity index (χ4v) is 7.39. The van der Waals surface area contributed by atoms with Crippen LogP contribution in [-0.2, 0) is 16.2 Å². The van der Waals surface area contributed by atoms with E-state index in [9.17, 15) is 10.2 Å². The zero-order chi connectivity index (χ0) is 31.0. The largest absolute Gasteiger partial charge is 0.508 e. The Kier molecular flexibility index (Phi) is 13.2. The van der Waals surface area contributed by atoms with Crippen LogP contribution in [0.4, 0.5) is 0 Å². The van der Waals surface area contributed by atoms with E-state index < -0.39 is 0 Å². The zero-order valence-electron chi connectivity index (χ0n) is 28.2. The molecule has 0 amide bonds. The van der Waals surface area contributed by atoms with E-state index in [1.165, 1.54) is 75.3 Å². The van der Waals surface area contributed by atoms with E-state index in [0.29, 0.717) is 23.2 Å². The minimum atomic E-state index is -0.349. The molecule has 3 heteroatoms. The molecule has 0 radical (unpaired) electrons. The summed E-state index contributed by atoms with van der Waals surface area (Å²) in [7, 11) is 0. The summed E-state index contributed by atoms with van der Waals surface area (Å²) in [6.45, 7) is 21.9. The van der Waals surface area contributed by atoms with Gasteiger partial charge in [-0.15, -0.1) is 0 Å². The molecule has 0 saturated heterocycles. The van der Waals surface area contributed by atoms with E-state index in [4.69, 9.17) is 12.6 Å². The minimum Gasteiger partial charge on any atom is -0.508 e. The Morgan fingerprint density at radius 3 is 1.32 bits per heavy atom. The molecular formula is C38H62O2S. The normalized spacial score (nSPS) is 13.5. The second kappa shape index (κ2) is 15.2. The lowest BCUT2D eigenvalue weighted by Crippen LogP contribution is -2.39. The van der Waals surface area contributed by atoms with Gasteiger partial charge < -0.3 is 10.2 Å². The molecule has 0 spiro atoms. The lowest BCUT2D eigenvalue weighted by atomic mass is 9.62. The molecule has 0 aliphatic heterocycles. The molecule has 0 aliphatic rings. The van der Waals surface area contributed by atoms with E-state index in [1.54, 1.807) is 0 Å². The quantitative estimate of drug-likeness (QED) is 0.144. The molecule has 2 rings (SSSR count). The average Bonchev–Trinajstić information content (AvgIpc) is 2.86. The highest BCUT2D eigenvalue weighted by Crippen LogP contribution is 2.49. The van der Waals surface area contributed by atoms with Gasteiger partial charge >= 0.3 is 0 Å². The molecular weight excluding hydrogens is 520 g/mol. The Labute approximate surface area is 259 Å². The van der Waals surface area contributed by atoms with Gasteiger partial charge in [0.2, 0.25) is 0 Å².